The molecule has 0 amide bonds. The first-order valence-corrected chi connectivity index (χ1v) is 6.37. The van der Waals surface area contributed by atoms with Crippen LogP contribution < -0.4 is 10.5 Å². The first-order chi connectivity index (χ1) is 9.66. The van der Waals surface area contributed by atoms with Crippen molar-refractivity contribution in [3.05, 3.63) is 29.8 Å². The second-order valence-corrected chi connectivity index (χ2v) is 4.26. The Labute approximate surface area is 139 Å². The number of aliphatic imine (C=N–C) groups is 1. The van der Waals surface area contributed by atoms with Gasteiger partial charge in [-0.25, -0.2) is 13.8 Å². The number of nitrogens with two attached hydrogens (primary N) is 1. The molecule has 21 heavy (non-hydrogen) atoms. The number of rotatable bonds is 4. The highest BCUT2D eigenvalue weighted by Gasteiger charge is 2.11. The quantitative estimate of drug-likeness (QED) is 0.353. The minimum atomic E-state index is -0.727. The van der Waals surface area contributed by atoms with E-state index in [2.05, 4.69) is 4.99 Å². The molecule has 0 spiro atoms. The fraction of sp³-hybridized carbons (Fsp3) is 0.462. The Kier molecular flexibility index (Phi) is 7.65. The highest BCUT2D eigenvalue weighted by atomic mass is 127. The van der Waals surface area contributed by atoms with E-state index in [0.717, 1.165) is 12.1 Å². The summed E-state index contributed by atoms with van der Waals surface area (Å²) in [6, 6.07) is 3.17. The number of morpholine rings is 1. The van der Waals surface area contributed by atoms with Gasteiger partial charge < -0.3 is 20.1 Å². The number of guanidine groups is 1. The molecular formula is C13H18F2IN3O2. The van der Waals surface area contributed by atoms with Gasteiger partial charge in [-0.05, 0) is 12.1 Å². The summed E-state index contributed by atoms with van der Waals surface area (Å²) in [5.41, 5.74) is 5.82. The monoisotopic (exact) mass is 413 g/mol. The van der Waals surface area contributed by atoms with Gasteiger partial charge in [-0.15, -0.1) is 24.0 Å². The van der Waals surface area contributed by atoms with Crippen LogP contribution in [0.2, 0.25) is 0 Å². The van der Waals surface area contributed by atoms with Crippen LogP contribution in [0, 0.1) is 11.6 Å². The Bertz CT molecular complexity index is 482. The fourth-order valence-corrected chi connectivity index (χ4v) is 1.80. The molecule has 1 fully saturated rings. The van der Waals surface area contributed by atoms with Crippen LogP contribution in [0.1, 0.15) is 0 Å². The van der Waals surface area contributed by atoms with Gasteiger partial charge in [-0.3, -0.25) is 0 Å². The average Bonchev–Trinajstić information content (AvgIpc) is 2.46. The molecule has 0 saturated carbocycles. The number of nitrogens with zero attached hydrogens (tertiary/aromatic N) is 2. The van der Waals surface area contributed by atoms with Crippen molar-refractivity contribution in [1.29, 1.82) is 0 Å². The molecule has 0 bridgehead atoms. The summed E-state index contributed by atoms with van der Waals surface area (Å²) >= 11 is 0. The van der Waals surface area contributed by atoms with Crippen molar-refractivity contribution in [3.8, 4) is 5.75 Å². The molecule has 0 aliphatic carbocycles. The molecule has 5 nitrogen and oxygen atoms in total. The van der Waals surface area contributed by atoms with E-state index < -0.39 is 11.6 Å². The topological polar surface area (TPSA) is 60.1 Å². The normalized spacial score (nSPS) is 15.5. The molecule has 1 aliphatic heterocycles. The summed E-state index contributed by atoms with van der Waals surface area (Å²) in [7, 11) is 0. The highest BCUT2D eigenvalue weighted by molar-refractivity contribution is 14.0. The number of halogens is 3. The van der Waals surface area contributed by atoms with E-state index in [1.807, 2.05) is 4.90 Å². The Balaban J connectivity index is 0.00000220. The first-order valence-electron chi connectivity index (χ1n) is 6.37. The zero-order valence-electron chi connectivity index (χ0n) is 11.4. The van der Waals surface area contributed by atoms with E-state index in [0.29, 0.717) is 38.8 Å². The lowest BCUT2D eigenvalue weighted by atomic mass is 10.3. The molecule has 2 N–H and O–H groups in total. The van der Waals surface area contributed by atoms with Crippen LogP contribution in [0.3, 0.4) is 0 Å². The van der Waals surface area contributed by atoms with Crippen molar-refractivity contribution in [2.75, 3.05) is 39.5 Å². The van der Waals surface area contributed by atoms with Gasteiger partial charge in [0.15, 0.2) is 17.5 Å². The van der Waals surface area contributed by atoms with Gasteiger partial charge in [0.05, 0.1) is 19.8 Å². The second kappa shape index (κ2) is 8.98. The number of ether oxygens (including phenoxy) is 2. The largest absolute Gasteiger partial charge is 0.489 e. The molecule has 118 valence electrons. The number of benzene rings is 1. The maximum absolute atomic E-state index is 13.3. The Hall–Kier alpha value is -1.16. The summed E-state index contributed by atoms with van der Waals surface area (Å²) in [5.74, 6) is -0.928. The molecule has 2 rings (SSSR count). The van der Waals surface area contributed by atoms with Gasteiger partial charge in [0, 0.05) is 19.2 Å². The van der Waals surface area contributed by atoms with Crippen LogP contribution in [0.4, 0.5) is 8.78 Å². The summed E-state index contributed by atoms with van der Waals surface area (Å²) in [6.07, 6.45) is 0. The molecule has 0 radical (unpaired) electrons. The van der Waals surface area contributed by atoms with E-state index in [9.17, 15) is 8.78 Å². The van der Waals surface area contributed by atoms with Crippen LogP contribution in [-0.4, -0.2) is 50.3 Å². The summed E-state index contributed by atoms with van der Waals surface area (Å²) < 4.78 is 36.4. The summed E-state index contributed by atoms with van der Waals surface area (Å²) in [4.78, 5) is 6.07. The van der Waals surface area contributed by atoms with E-state index in [1.165, 1.54) is 6.07 Å². The SMILES string of the molecule is I.NC(=NCCOc1ccc(F)cc1F)N1CCOCC1. The fourth-order valence-electron chi connectivity index (χ4n) is 1.80. The molecule has 1 aromatic rings. The Morgan fingerprint density at radius 3 is 2.71 bits per heavy atom. The molecule has 1 aromatic carbocycles. The highest BCUT2D eigenvalue weighted by Crippen LogP contribution is 2.17. The molecule has 1 heterocycles. The van der Waals surface area contributed by atoms with E-state index in [4.69, 9.17) is 15.2 Å². The molecule has 0 atom stereocenters. The van der Waals surface area contributed by atoms with Crippen LogP contribution in [0.15, 0.2) is 23.2 Å². The van der Waals surface area contributed by atoms with Crippen molar-refractivity contribution in [2.24, 2.45) is 10.7 Å². The van der Waals surface area contributed by atoms with Crippen LogP contribution in [0.5, 0.6) is 5.75 Å². The predicted molar refractivity (Wildman–Crippen MR) is 86.1 cm³/mol. The van der Waals surface area contributed by atoms with Gasteiger partial charge in [0.2, 0.25) is 0 Å². The number of hydrogen-bond acceptors (Lipinski definition) is 3. The van der Waals surface area contributed by atoms with Crippen LogP contribution in [0.25, 0.3) is 0 Å². The van der Waals surface area contributed by atoms with E-state index in [-0.39, 0.29) is 36.3 Å². The molecule has 0 unspecified atom stereocenters. The van der Waals surface area contributed by atoms with Gasteiger partial charge in [0.1, 0.15) is 12.4 Å². The van der Waals surface area contributed by atoms with Crippen LogP contribution >= 0.6 is 24.0 Å². The zero-order chi connectivity index (χ0) is 14.4. The van der Waals surface area contributed by atoms with Gasteiger partial charge in [0.25, 0.3) is 0 Å². The third-order valence-electron chi connectivity index (χ3n) is 2.85. The minimum Gasteiger partial charge on any atom is -0.489 e. The lowest BCUT2D eigenvalue weighted by Crippen LogP contribution is -2.45. The third-order valence-corrected chi connectivity index (χ3v) is 2.85. The molecule has 0 aromatic heterocycles. The van der Waals surface area contributed by atoms with Crippen LogP contribution in [-0.2, 0) is 4.74 Å². The standard InChI is InChI=1S/C13H17F2N3O2.HI/c14-10-1-2-12(11(15)9-10)20-6-3-17-13(16)18-4-7-19-8-5-18;/h1-2,9H,3-8H2,(H2,16,17);1H. The van der Waals surface area contributed by atoms with Crippen molar-refractivity contribution in [2.45, 2.75) is 0 Å². The lowest BCUT2D eigenvalue weighted by Gasteiger charge is -2.27. The van der Waals surface area contributed by atoms with Crippen molar-refractivity contribution < 1.29 is 18.3 Å². The zero-order valence-corrected chi connectivity index (χ0v) is 13.8. The smallest absolute Gasteiger partial charge is 0.191 e. The molecular weight excluding hydrogens is 395 g/mol. The minimum absolute atomic E-state index is 0. The molecule has 1 saturated heterocycles. The maximum Gasteiger partial charge on any atom is 0.191 e. The lowest BCUT2D eigenvalue weighted by molar-refractivity contribution is 0.0674. The van der Waals surface area contributed by atoms with Gasteiger partial charge >= 0.3 is 0 Å². The van der Waals surface area contributed by atoms with Crippen molar-refractivity contribution in [1.82, 2.24) is 4.90 Å². The summed E-state index contributed by atoms with van der Waals surface area (Å²) in [6.45, 7) is 3.17. The second-order valence-electron chi connectivity index (χ2n) is 4.26. The Morgan fingerprint density at radius 2 is 2.05 bits per heavy atom. The first kappa shape index (κ1) is 17.9. The Morgan fingerprint density at radius 1 is 1.33 bits per heavy atom. The average molecular weight is 413 g/mol. The molecule has 8 heteroatoms. The van der Waals surface area contributed by atoms with E-state index >= 15 is 0 Å². The van der Waals surface area contributed by atoms with Gasteiger partial charge in [-0.2, -0.15) is 0 Å². The summed E-state index contributed by atoms with van der Waals surface area (Å²) in [5, 5.41) is 0. The number of hydrogen-bond donors (Lipinski definition) is 1. The van der Waals surface area contributed by atoms with Crippen molar-refractivity contribution >= 4 is 29.9 Å². The third kappa shape index (κ3) is 5.62. The molecule has 1 aliphatic rings. The van der Waals surface area contributed by atoms with Crippen molar-refractivity contribution in [3.63, 3.8) is 0 Å². The van der Waals surface area contributed by atoms with E-state index in [1.54, 1.807) is 0 Å². The predicted octanol–water partition coefficient (Wildman–Crippen LogP) is 1.61. The van der Waals surface area contributed by atoms with Gasteiger partial charge in [-0.1, -0.05) is 0 Å². The maximum atomic E-state index is 13.3.